The minimum absolute atomic E-state index is 0.399. The van der Waals surface area contributed by atoms with E-state index in [-0.39, 0.29) is 0 Å². The molecule has 3 unspecified atom stereocenters. The van der Waals surface area contributed by atoms with Gasteiger partial charge in [0, 0.05) is 18.6 Å². The highest BCUT2D eigenvalue weighted by atomic mass is 16.5. The second-order valence-electron chi connectivity index (χ2n) is 5.80. The van der Waals surface area contributed by atoms with Crippen molar-refractivity contribution in [3.05, 3.63) is 35.9 Å². The molecule has 1 saturated carbocycles. The summed E-state index contributed by atoms with van der Waals surface area (Å²) in [6.45, 7) is 6.27. The number of rotatable bonds is 5. The molecule has 2 aliphatic rings. The van der Waals surface area contributed by atoms with Gasteiger partial charge in [0.15, 0.2) is 0 Å². The molecule has 3 atom stereocenters. The van der Waals surface area contributed by atoms with Crippen LogP contribution in [0.4, 0.5) is 0 Å². The van der Waals surface area contributed by atoms with Crippen LogP contribution in [0, 0.1) is 11.3 Å². The van der Waals surface area contributed by atoms with Crippen LogP contribution in [0.5, 0.6) is 0 Å². The number of ether oxygens (including phenoxy) is 1. The first-order valence-corrected chi connectivity index (χ1v) is 7.19. The van der Waals surface area contributed by atoms with Gasteiger partial charge in [-0.15, -0.1) is 0 Å². The quantitative estimate of drug-likeness (QED) is 0.861. The maximum Gasteiger partial charge on any atom is 0.0538 e. The summed E-state index contributed by atoms with van der Waals surface area (Å²) in [7, 11) is 0. The average Bonchev–Trinajstić information content (AvgIpc) is 3.10. The van der Waals surface area contributed by atoms with Gasteiger partial charge in [-0.25, -0.2) is 0 Å². The minimum atomic E-state index is 0.399. The van der Waals surface area contributed by atoms with E-state index in [9.17, 15) is 0 Å². The van der Waals surface area contributed by atoms with Crippen LogP contribution in [0.15, 0.2) is 30.3 Å². The SMILES string of the molecule is CCNCC1(C2CC2c2ccccc2)CCOC1. The maximum atomic E-state index is 5.70. The van der Waals surface area contributed by atoms with Crippen molar-refractivity contribution < 1.29 is 4.74 Å². The second-order valence-corrected chi connectivity index (χ2v) is 5.80. The largest absolute Gasteiger partial charge is 0.381 e. The molecule has 98 valence electrons. The van der Waals surface area contributed by atoms with Crippen molar-refractivity contribution in [3.8, 4) is 0 Å². The van der Waals surface area contributed by atoms with Gasteiger partial charge in [-0.05, 0) is 36.8 Å². The Morgan fingerprint density at radius 1 is 1.33 bits per heavy atom. The average molecular weight is 245 g/mol. The van der Waals surface area contributed by atoms with Crippen LogP contribution >= 0.6 is 0 Å². The van der Waals surface area contributed by atoms with Crippen molar-refractivity contribution in [3.63, 3.8) is 0 Å². The Labute approximate surface area is 110 Å². The van der Waals surface area contributed by atoms with Gasteiger partial charge < -0.3 is 10.1 Å². The summed E-state index contributed by atoms with van der Waals surface area (Å²) in [6.07, 6.45) is 2.58. The summed E-state index contributed by atoms with van der Waals surface area (Å²) in [6, 6.07) is 11.0. The van der Waals surface area contributed by atoms with Crippen LogP contribution in [0.1, 0.15) is 31.2 Å². The molecule has 1 saturated heterocycles. The lowest BCUT2D eigenvalue weighted by atomic mass is 9.80. The van der Waals surface area contributed by atoms with E-state index in [1.807, 2.05) is 0 Å². The van der Waals surface area contributed by atoms with Gasteiger partial charge >= 0.3 is 0 Å². The van der Waals surface area contributed by atoms with Crippen LogP contribution in [0.3, 0.4) is 0 Å². The molecule has 1 aromatic carbocycles. The van der Waals surface area contributed by atoms with E-state index >= 15 is 0 Å². The summed E-state index contributed by atoms with van der Waals surface area (Å²) in [5, 5.41) is 3.54. The van der Waals surface area contributed by atoms with Crippen LogP contribution in [-0.4, -0.2) is 26.3 Å². The molecule has 2 fully saturated rings. The molecule has 0 spiro atoms. The third kappa shape index (κ3) is 2.19. The molecule has 1 N–H and O–H groups in total. The highest BCUT2D eigenvalue weighted by molar-refractivity contribution is 5.27. The summed E-state index contributed by atoms with van der Waals surface area (Å²) in [4.78, 5) is 0. The second kappa shape index (κ2) is 5.02. The van der Waals surface area contributed by atoms with Crippen molar-refractivity contribution in [1.29, 1.82) is 0 Å². The lowest BCUT2D eigenvalue weighted by Crippen LogP contribution is -2.37. The predicted molar refractivity (Wildman–Crippen MR) is 73.7 cm³/mol. The molecule has 18 heavy (non-hydrogen) atoms. The Balaban J connectivity index is 1.71. The smallest absolute Gasteiger partial charge is 0.0538 e. The third-order valence-electron chi connectivity index (χ3n) is 4.67. The number of hydrogen-bond acceptors (Lipinski definition) is 2. The van der Waals surface area contributed by atoms with E-state index < -0.39 is 0 Å². The minimum Gasteiger partial charge on any atom is -0.381 e. The van der Waals surface area contributed by atoms with Crippen LogP contribution in [0.25, 0.3) is 0 Å². The van der Waals surface area contributed by atoms with Crippen molar-refractivity contribution in [2.75, 3.05) is 26.3 Å². The van der Waals surface area contributed by atoms with Gasteiger partial charge in [0.05, 0.1) is 6.61 Å². The topological polar surface area (TPSA) is 21.3 Å². The van der Waals surface area contributed by atoms with Gasteiger partial charge in [-0.2, -0.15) is 0 Å². The highest BCUT2D eigenvalue weighted by Gasteiger charge is 2.54. The van der Waals surface area contributed by atoms with E-state index in [4.69, 9.17) is 4.74 Å². The molecule has 0 amide bonds. The fraction of sp³-hybridized carbons (Fsp3) is 0.625. The summed E-state index contributed by atoms with van der Waals surface area (Å²) >= 11 is 0. The molecule has 1 heterocycles. The van der Waals surface area contributed by atoms with Crippen LogP contribution in [0.2, 0.25) is 0 Å². The zero-order valence-corrected chi connectivity index (χ0v) is 11.2. The van der Waals surface area contributed by atoms with Crippen molar-refractivity contribution in [2.24, 2.45) is 11.3 Å². The van der Waals surface area contributed by atoms with Gasteiger partial charge in [0.25, 0.3) is 0 Å². The van der Waals surface area contributed by atoms with Crippen molar-refractivity contribution in [2.45, 2.75) is 25.7 Å². The zero-order valence-electron chi connectivity index (χ0n) is 11.2. The van der Waals surface area contributed by atoms with E-state index in [0.29, 0.717) is 5.41 Å². The van der Waals surface area contributed by atoms with E-state index in [1.165, 1.54) is 18.4 Å². The first-order chi connectivity index (χ1) is 8.86. The van der Waals surface area contributed by atoms with E-state index in [2.05, 4.69) is 42.6 Å². The Morgan fingerprint density at radius 3 is 2.83 bits per heavy atom. The zero-order chi connectivity index (χ0) is 12.4. The standard InChI is InChI=1S/C16H23NO/c1-2-17-11-16(8-9-18-12-16)15-10-14(15)13-6-4-3-5-7-13/h3-7,14-15,17H,2,8-12H2,1H3. The fourth-order valence-corrected chi connectivity index (χ4v) is 3.50. The summed E-state index contributed by atoms with van der Waals surface area (Å²) < 4.78 is 5.70. The fourth-order valence-electron chi connectivity index (χ4n) is 3.50. The Bertz CT molecular complexity index is 383. The summed E-state index contributed by atoms with van der Waals surface area (Å²) in [5.74, 6) is 1.59. The molecule has 0 aromatic heterocycles. The molecular weight excluding hydrogens is 222 g/mol. The molecule has 1 aliphatic heterocycles. The predicted octanol–water partition coefficient (Wildman–Crippen LogP) is 2.81. The first-order valence-electron chi connectivity index (χ1n) is 7.19. The summed E-state index contributed by atoms with van der Waals surface area (Å²) in [5.41, 5.74) is 1.92. The number of nitrogens with one attached hydrogen (secondary N) is 1. The van der Waals surface area contributed by atoms with Crippen LogP contribution < -0.4 is 5.32 Å². The molecule has 1 aromatic rings. The molecule has 3 rings (SSSR count). The van der Waals surface area contributed by atoms with Gasteiger partial charge in [-0.3, -0.25) is 0 Å². The maximum absolute atomic E-state index is 5.70. The Hall–Kier alpha value is -0.860. The van der Waals surface area contributed by atoms with Crippen molar-refractivity contribution >= 4 is 0 Å². The van der Waals surface area contributed by atoms with E-state index in [1.54, 1.807) is 0 Å². The lowest BCUT2D eigenvalue weighted by molar-refractivity contribution is 0.135. The van der Waals surface area contributed by atoms with Gasteiger partial charge in [0.2, 0.25) is 0 Å². The van der Waals surface area contributed by atoms with Gasteiger partial charge in [0.1, 0.15) is 0 Å². The number of benzene rings is 1. The first kappa shape index (κ1) is 12.2. The molecule has 0 bridgehead atoms. The Kier molecular flexibility index (Phi) is 3.40. The molecule has 2 heteroatoms. The molecule has 2 nitrogen and oxygen atoms in total. The monoisotopic (exact) mass is 245 g/mol. The molecular formula is C16H23NO. The van der Waals surface area contributed by atoms with Crippen molar-refractivity contribution in [1.82, 2.24) is 5.32 Å². The Morgan fingerprint density at radius 2 is 2.17 bits per heavy atom. The highest BCUT2D eigenvalue weighted by Crippen LogP contribution is 2.59. The van der Waals surface area contributed by atoms with E-state index in [0.717, 1.165) is 38.1 Å². The van der Waals surface area contributed by atoms with Gasteiger partial charge in [-0.1, -0.05) is 37.3 Å². The third-order valence-corrected chi connectivity index (χ3v) is 4.67. The molecule has 0 radical (unpaired) electrons. The van der Waals surface area contributed by atoms with Crippen LogP contribution in [-0.2, 0) is 4.74 Å². The number of hydrogen-bond donors (Lipinski definition) is 1. The normalized spacial score (nSPS) is 34.7. The lowest BCUT2D eigenvalue weighted by Gasteiger charge is -2.28. The molecule has 1 aliphatic carbocycles.